The van der Waals surface area contributed by atoms with E-state index in [1.54, 1.807) is 7.05 Å². The lowest BCUT2D eigenvalue weighted by Gasteiger charge is -2.10. The predicted octanol–water partition coefficient (Wildman–Crippen LogP) is 1.97. The molecule has 0 rings (SSSR count). The first-order valence-electron chi connectivity index (χ1n) is 4.42. The quantitative estimate of drug-likeness (QED) is 0.643. The topological polar surface area (TPSA) is 29.1 Å². The second-order valence-corrected chi connectivity index (χ2v) is 3.60. The Labute approximate surface area is 75.0 Å². The Morgan fingerprint density at radius 2 is 1.75 bits per heavy atom. The molecule has 0 saturated carbocycles. The van der Waals surface area contributed by atoms with Gasteiger partial charge in [0.1, 0.15) is 0 Å². The summed E-state index contributed by atoms with van der Waals surface area (Å²) in [6.07, 6.45) is 2.02. The van der Waals surface area contributed by atoms with E-state index in [-0.39, 0.29) is 5.91 Å². The summed E-state index contributed by atoms with van der Waals surface area (Å²) in [6.45, 7) is 8.21. The molecule has 0 heterocycles. The maximum Gasteiger partial charge on any atom is 0.246 e. The molecule has 0 fully saturated rings. The first-order chi connectivity index (χ1) is 5.49. The second kappa shape index (κ2) is 4.96. The highest BCUT2D eigenvalue weighted by molar-refractivity contribution is 5.93. The Morgan fingerprint density at radius 1 is 1.25 bits per heavy atom. The third kappa shape index (κ3) is 3.56. The highest BCUT2D eigenvalue weighted by atomic mass is 16.1. The van der Waals surface area contributed by atoms with Crippen LogP contribution in [0.1, 0.15) is 27.7 Å². The molecular weight excluding hydrogens is 150 g/mol. The summed E-state index contributed by atoms with van der Waals surface area (Å²) in [5.41, 5.74) is 0.882. The van der Waals surface area contributed by atoms with Crippen LogP contribution in [0.25, 0.3) is 0 Å². The van der Waals surface area contributed by atoms with Crippen LogP contribution >= 0.6 is 0 Å². The third-order valence-electron chi connectivity index (χ3n) is 1.62. The SMILES string of the molecule is CNC(=O)C(=CC(C)C)C(C)C. The molecule has 0 aliphatic carbocycles. The van der Waals surface area contributed by atoms with E-state index in [1.165, 1.54) is 0 Å². The molecule has 0 radical (unpaired) electrons. The van der Waals surface area contributed by atoms with Gasteiger partial charge in [-0.1, -0.05) is 33.8 Å². The van der Waals surface area contributed by atoms with Crippen molar-refractivity contribution in [3.8, 4) is 0 Å². The maximum absolute atomic E-state index is 11.3. The normalized spacial score (nSPS) is 12.4. The minimum atomic E-state index is 0.0405. The zero-order valence-corrected chi connectivity index (χ0v) is 8.64. The van der Waals surface area contributed by atoms with Gasteiger partial charge in [0, 0.05) is 12.6 Å². The lowest BCUT2D eigenvalue weighted by atomic mass is 9.98. The van der Waals surface area contributed by atoms with Crippen LogP contribution in [0.5, 0.6) is 0 Å². The molecule has 0 unspecified atom stereocenters. The molecule has 12 heavy (non-hydrogen) atoms. The third-order valence-corrected chi connectivity index (χ3v) is 1.62. The van der Waals surface area contributed by atoms with Crippen molar-refractivity contribution in [3.05, 3.63) is 11.6 Å². The lowest BCUT2D eigenvalue weighted by molar-refractivity contribution is -0.117. The second-order valence-electron chi connectivity index (χ2n) is 3.60. The van der Waals surface area contributed by atoms with Crippen LogP contribution in [-0.4, -0.2) is 13.0 Å². The van der Waals surface area contributed by atoms with Crippen LogP contribution in [0.15, 0.2) is 11.6 Å². The molecule has 1 amide bonds. The molecule has 0 spiro atoms. The zero-order valence-electron chi connectivity index (χ0n) is 8.64. The molecule has 0 bridgehead atoms. The summed E-state index contributed by atoms with van der Waals surface area (Å²) >= 11 is 0. The van der Waals surface area contributed by atoms with Gasteiger partial charge in [-0.05, 0) is 11.8 Å². The molecule has 0 aromatic heterocycles. The van der Waals surface area contributed by atoms with Gasteiger partial charge >= 0.3 is 0 Å². The standard InChI is InChI=1S/C10H19NO/c1-7(2)6-9(8(3)4)10(12)11-5/h6-8H,1-5H3,(H,11,12). The van der Waals surface area contributed by atoms with E-state index in [4.69, 9.17) is 0 Å². The van der Waals surface area contributed by atoms with E-state index in [0.29, 0.717) is 11.8 Å². The van der Waals surface area contributed by atoms with Gasteiger partial charge in [-0.25, -0.2) is 0 Å². The van der Waals surface area contributed by atoms with Crippen LogP contribution in [-0.2, 0) is 4.79 Å². The molecule has 0 saturated heterocycles. The molecule has 0 atom stereocenters. The molecule has 2 heteroatoms. The van der Waals surface area contributed by atoms with Gasteiger partial charge in [0.15, 0.2) is 0 Å². The average molecular weight is 169 g/mol. The highest BCUT2D eigenvalue weighted by Gasteiger charge is 2.11. The monoisotopic (exact) mass is 169 g/mol. The van der Waals surface area contributed by atoms with Gasteiger partial charge in [0.2, 0.25) is 5.91 Å². The molecule has 0 aliphatic heterocycles. The van der Waals surface area contributed by atoms with Crippen LogP contribution in [0.2, 0.25) is 0 Å². The number of rotatable bonds is 3. The highest BCUT2D eigenvalue weighted by Crippen LogP contribution is 2.12. The summed E-state index contributed by atoms with van der Waals surface area (Å²) in [5.74, 6) is 0.769. The van der Waals surface area contributed by atoms with Crippen molar-refractivity contribution in [2.45, 2.75) is 27.7 Å². The number of hydrogen-bond acceptors (Lipinski definition) is 1. The van der Waals surface area contributed by atoms with Crippen LogP contribution in [0, 0.1) is 11.8 Å². The van der Waals surface area contributed by atoms with Gasteiger partial charge in [0.05, 0.1) is 0 Å². The number of carbonyl (C=O) groups excluding carboxylic acids is 1. The minimum absolute atomic E-state index is 0.0405. The van der Waals surface area contributed by atoms with Crippen molar-refractivity contribution in [3.63, 3.8) is 0 Å². The van der Waals surface area contributed by atoms with Crippen LogP contribution < -0.4 is 5.32 Å². The number of likely N-dealkylation sites (N-methyl/N-ethyl adjacent to an activating group) is 1. The first kappa shape index (κ1) is 11.2. The number of nitrogens with one attached hydrogen (secondary N) is 1. The molecule has 2 nitrogen and oxygen atoms in total. The summed E-state index contributed by atoms with van der Waals surface area (Å²) < 4.78 is 0. The predicted molar refractivity (Wildman–Crippen MR) is 51.8 cm³/mol. The van der Waals surface area contributed by atoms with Crippen molar-refractivity contribution in [1.29, 1.82) is 0 Å². The fourth-order valence-corrected chi connectivity index (χ4v) is 1.03. The fourth-order valence-electron chi connectivity index (χ4n) is 1.03. The van der Waals surface area contributed by atoms with Crippen molar-refractivity contribution in [1.82, 2.24) is 5.32 Å². The average Bonchev–Trinajstić information content (AvgIpc) is 1.98. The van der Waals surface area contributed by atoms with Gasteiger partial charge in [-0.2, -0.15) is 0 Å². The van der Waals surface area contributed by atoms with Crippen molar-refractivity contribution < 1.29 is 4.79 Å². The Bertz CT molecular complexity index is 180. The van der Waals surface area contributed by atoms with Crippen molar-refractivity contribution in [2.75, 3.05) is 7.05 Å². The lowest BCUT2D eigenvalue weighted by Crippen LogP contribution is -2.23. The fraction of sp³-hybridized carbons (Fsp3) is 0.700. The summed E-state index contributed by atoms with van der Waals surface area (Å²) in [4.78, 5) is 11.3. The van der Waals surface area contributed by atoms with E-state index in [1.807, 2.05) is 19.9 Å². The molecular formula is C10H19NO. The maximum atomic E-state index is 11.3. The van der Waals surface area contributed by atoms with Gasteiger partial charge in [-0.3, -0.25) is 4.79 Å². The van der Waals surface area contributed by atoms with Crippen LogP contribution in [0.4, 0.5) is 0 Å². The minimum Gasteiger partial charge on any atom is -0.355 e. The first-order valence-corrected chi connectivity index (χ1v) is 4.42. The summed E-state index contributed by atoms with van der Waals surface area (Å²) in [5, 5.41) is 2.64. The van der Waals surface area contributed by atoms with Crippen LogP contribution in [0.3, 0.4) is 0 Å². The van der Waals surface area contributed by atoms with E-state index < -0.39 is 0 Å². The molecule has 1 N–H and O–H groups in total. The Balaban J connectivity index is 4.55. The summed E-state index contributed by atoms with van der Waals surface area (Å²) in [6, 6.07) is 0. The largest absolute Gasteiger partial charge is 0.355 e. The van der Waals surface area contributed by atoms with Crippen molar-refractivity contribution in [2.24, 2.45) is 11.8 Å². The van der Waals surface area contributed by atoms with E-state index in [9.17, 15) is 4.79 Å². The van der Waals surface area contributed by atoms with Gasteiger partial charge < -0.3 is 5.32 Å². The summed E-state index contributed by atoms with van der Waals surface area (Å²) in [7, 11) is 1.67. The van der Waals surface area contributed by atoms with E-state index >= 15 is 0 Å². The Morgan fingerprint density at radius 3 is 2.00 bits per heavy atom. The number of carbonyl (C=O) groups is 1. The Kier molecular flexibility index (Phi) is 4.64. The van der Waals surface area contributed by atoms with Gasteiger partial charge in [0.25, 0.3) is 0 Å². The number of hydrogen-bond donors (Lipinski definition) is 1. The smallest absolute Gasteiger partial charge is 0.246 e. The molecule has 70 valence electrons. The Hall–Kier alpha value is -0.790. The zero-order chi connectivity index (χ0) is 9.72. The molecule has 0 aliphatic rings. The van der Waals surface area contributed by atoms with E-state index in [2.05, 4.69) is 19.2 Å². The van der Waals surface area contributed by atoms with Gasteiger partial charge in [-0.15, -0.1) is 0 Å². The number of allylic oxidation sites excluding steroid dienone is 1. The number of amides is 1. The molecule has 0 aromatic carbocycles. The molecule has 0 aromatic rings. The van der Waals surface area contributed by atoms with Crippen molar-refractivity contribution >= 4 is 5.91 Å². The van der Waals surface area contributed by atoms with E-state index in [0.717, 1.165) is 5.57 Å².